The van der Waals surface area contributed by atoms with E-state index in [-0.39, 0.29) is 0 Å². The molecule has 0 radical (unpaired) electrons. The molecule has 2 N–H and O–H groups in total. The van der Waals surface area contributed by atoms with Crippen LogP contribution in [0.1, 0.15) is 17.0 Å². The molecule has 6 heteroatoms. The lowest BCUT2D eigenvalue weighted by Gasteiger charge is -2.07. The number of aryl methyl sites for hydroxylation is 2. The van der Waals surface area contributed by atoms with Gasteiger partial charge in [0.15, 0.2) is 0 Å². The van der Waals surface area contributed by atoms with Crippen LogP contribution in [0.4, 0.5) is 11.9 Å². The first-order chi connectivity index (χ1) is 8.56. The van der Waals surface area contributed by atoms with Gasteiger partial charge < -0.3 is 10.2 Å². The molecule has 0 saturated carbocycles. The molecule has 0 bridgehead atoms. The highest BCUT2D eigenvalue weighted by Crippen LogP contribution is 2.10. The van der Waals surface area contributed by atoms with Gasteiger partial charge in [-0.15, -0.1) is 5.10 Å². The van der Waals surface area contributed by atoms with Crippen LogP contribution in [0.3, 0.4) is 0 Å². The van der Waals surface area contributed by atoms with Gasteiger partial charge in [-0.25, -0.2) is 5.10 Å². The van der Waals surface area contributed by atoms with Gasteiger partial charge >= 0.3 is 0 Å². The minimum atomic E-state index is 0.663. The van der Waals surface area contributed by atoms with Gasteiger partial charge in [0.05, 0.1) is 0 Å². The van der Waals surface area contributed by atoms with Crippen LogP contribution in [0.25, 0.3) is 0 Å². The second kappa shape index (κ2) is 5.03. The molecule has 0 amide bonds. The molecule has 0 atom stereocenters. The highest BCUT2D eigenvalue weighted by atomic mass is 15.4. The van der Waals surface area contributed by atoms with Crippen LogP contribution in [-0.2, 0) is 6.54 Å². The molecular weight excluding hydrogens is 228 g/mol. The van der Waals surface area contributed by atoms with E-state index in [1.807, 2.05) is 38.9 Å². The van der Waals surface area contributed by atoms with Gasteiger partial charge in [-0.05, 0) is 25.5 Å². The molecule has 18 heavy (non-hydrogen) atoms. The van der Waals surface area contributed by atoms with Crippen LogP contribution in [0, 0.1) is 13.8 Å². The number of anilines is 2. The molecule has 0 aliphatic rings. The smallest absolute Gasteiger partial charge is 0.245 e. The Balaban J connectivity index is 2.02. The van der Waals surface area contributed by atoms with Crippen LogP contribution >= 0.6 is 0 Å². The number of aromatic nitrogens is 4. The third-order valence-electron chi connectivity index (χ3n) is 2.65. The first-order valence-corrected chi connectivity index (χ1v) is 5.83. The molecule has 0 fully saturated rings. The van der Waals surface area contributed by atoms with Crippen molar-refractivity contribution in [2.45, 2.75) is 20.4 Å². The van der Waals surface area contributed by atoms with E-state index in [0.29, 0.717) is 18.4 Å². The summed E-state index contributed by atoms with van der Waals surface area (Å²) in [6.45, 7) is 4.68. The number of nitrogens with one attached hydrogen (secondary N) is 2. The highest BCUT2D eigenvalue weighted by Gasteiger charge is 2.05. The van der Waals surface area contributed by atoms with Crippen LogP contribution in [0.15, 0.2) is 12.1 Å². The zero-order valence-electron chi connectivity index (χ0n) is 11.2. The third-order valence-corrected chi connectivity index (χ3v) is 2.65. The lowest BCUT2D eigenvalue weighted by molar-refractivity contribution is 0.989. The van der Waals surface area contributed by atoms with Crippen molar-refractivity contribution < 1.29 is 0 Å². The Morgan fingerprint density at radius 2 is 2.00 bits per heavy atom. The zero-order chi connectivity index (χ0) is 13.1. The average Bonchev–Trinajstić information content (AvgIpc) is 2.76. The largest absolute Gasteiger partial charge is 0.350 e. The maximum Gasteiger partial charge on any atom is 0.245 e. The molecular formula is C12H18N6. The summed E-state index contributed by atoms with van der Waals surface area (Å²) in [5.41, 5.74) is 3.23. The van der Waals surface area contributed by atoms with Gasteiger partial charge in [0.2, 0.25) is 11.9 Å². The molecule has 0 aliphatic heterocycles. The van der Waals surface area contributed by atoms with Crippen molar-refractivity contribution in [2.75, 3.05) is 24.3 Å². The second-order valence-electron chi connectivity index (χ2n) is 4.43. The molecule has 0 spiro atoms. The summed E-state index contributed by atoms with van der Waals surface area (Å²) in [5.74, 6) is 1.33. The first-order valence-electron chi connectivity index (χ1n) is 5.83. The molecule has 0 aromatic carbocycles. The van der Waals surface area contributed by atoms with Crippen molar-refractivity contribution in [3.05, 3.63) is 29.1 Å². The van der Waals surface area contributed by atoms with Crippen LogP contribution < -0.4 is 10.2 Å². The van der Waals surface area contributed by atoms with E-state index >= 15 is 0 Å². The van der Waals surface area contributed by atoms with E-state index in [4.69, 9.17) is 0 Å². The molecule has 2 aromatic heterocycles. The molecule has 96 valence electrons. The normalized spacial score (nSPS) is 10.4. The predicted octanol–water partition coefficient (Wildman–Crippen LogP) is 1.49. The maximum atomic E-state index is 4.42. The number of nitrogens with zero attached hydrogens (tertiary/aromatic N) is 4. The molecule has 2 rings (SSSR count). The van der Waals surface area contributed by atoms with Gasteiger partial charge in [0, 0.05) is 32.0 Å². The first kappa shape index (κ1) is 12.3. The predicted molar refractivity (Wildman–Crippen MR) is 71.7 cm³/mol. The quantitative estimate of drug-likeness (QED) is 0.855. The minimum Gasteiger partial charge on any atom is -0.350 e. The van der Waals surface area contributed by atoms with E-state index in [9.17, 15) is 0 Å². The number of pyridine rings is 1. The van der Waals surface area contributed by atoms with Crippen molar-refractivity contribution in [3.8, 4) is 0 Å². The third kappa shape index (κ3) is 2.77. The van der Waals surface area contributed by atoms with Crippen molar-refractivity contribution in [1.29, 1.82) is 0 Å². The Morgan fingerprint density at radius 3 is 2.61 bits per heavy atom. The average molecular weight is 246 g/mol. The lowest BCUT2D eigenvalue weighted by atomic mass is 10.2. The molecule has 2 aromatic rings. The van der Waals surface area contributed by atoms with Crippen molar-refractivity contribution in [1.82, 2.24) is 20.2 Å². The Labute approximate surface area is 106 Å². The van der Waals surface area contributed by atoms with E-state index in [0.717, 1.165) is 17.0 Å². The minimum absolute atomic E-state index is 0.663. The van der Waals surface area contributed by atoms with Gasteiger partial charge in [-0.3, -0.25) is 4.98 Å². The maximum absolute atomic E-state index is 4.42. The van der Waals surface area contributed by atoms with Crippen molar-refractivity contribution in [3.63, 3.8) is 0 Å². The Bertz CT molecular complexity index is 531. The number of H-pyrrole nitrogens is 1. The molecule has 0 unspecified atom stereocenters. The van der Waals surface area contributed by atoms with Crippen LogP contribution in [0.2, 0.25) is 0 Å². The van der Waals surface area contributed by atoms with Crippen LogP contribution in [0.5, 0.6) is 0 Å². The zero-order valence-corrected chi connectivity index (χ0v) is 11.2. The van der Waals surface area contributed by atoms with Gasteiger partial charge in [-0.2, -0.15) is 4.98 Å². The van der Waals surface area contributed by atoms with Crippen molar-refractivity contribution in [2.24, 2.45) is 0 Å². The SMILES string of the molecule is Cc1ccc(CNc2nc(N(C)C)n[nH]2)c(C)n1. The van der Waals surface area contributed by atoms with E-state index < -0.39 is 0 Å². The van der Waals surface area contributed by atoms with Crippen molar-refractivity contribution >= 4 is 11.9 Å². The number of aromatic amines is 1. The molecule has 6 nitrogen and oxygen atoms in total. The summed E-state index contributed by atoms with van der Waals surface area (Å²) >= 11 is 0. The summed E-state index contributed by atoms with van der Waals surface area (Å²) < 4.78 is 0. The van der Waals surface area contributed by atoms with Gasteiger partial charge in [-0.1, -0.05) is 6.07 Å². The van der Waals surface area contributed by atoms with Gasteiger partial charge in [0.25, 0.3) is 0 Å². The number of hydrogen-bond acceptors (Lipinski definition) is 5. The number of hydrogen-bond donors (Lipinski definition) is 2. The summed E-state index contributed by atoms with van der Waals surface area (Å²) in [6.07, 6.45) is 0. The Kier molecular flexibility index (Phi) is 3.45. The molecule has 0 aliphatic carbocycles. The lowest BCUT2D eigenvalue weighted by Crippen LogP contribution is -2.10. The standard InChI is InChI=1S/C12H18N6/c1-8-5-6-10(9(2)14-8)7-13-11-15-12(17-16-11)18(3)4/h5-6H,7H2,1-4H3,(H2,13,15,16,17). The monoisotopic (exact) mass is 246 g/mol. The summed E-state index contributed by atoms with van der Waals surface area (Å²) in [7, 11) is 3.81. The fourth-order valence-electron chi connectivity index (χ4n) is 1.61. The summed E-state index contributed by atoms with van der Waals surface area (Å²) in [6, 6.07) is 4.09. The topological polar surface area (TPSA) is 69.7 Å². The molecule has 0 saturated heterocycles. The fourth-order valence-corrected chi connectivity index (χ4v) is 1.61. The molecule has 2 heterocycles. The summed E-state index contributed by atoms with van der Waals surface area (Å²) in [5, 5.41) is 10.1. The fraction of sp³-hybridized carbons (Fsp3) is 0.417. The van der Waals surface area contributed by atoms with E-state index in [1.165, 1.54) is 0 Å². The Morgan fingerprint density at radius 1 is 1.22 bits per heavy atom. The number of rotatable bonds is 4. The van der Waals surface area contributed by atoms with Gasteiger partial charge in [0.1, 0.15) is 0 Å². The second-order valence-corrected chi connectivity index (χ2v) is 4.43. The van der Waals surface area contributed by atoms with Crippen LogP contribution in [-0.4, -0.2) is 34.3 Å². The van der Waals surface area contributed by atoms with E-state index in [2.05, 4.69) is 31.5 Å². The highest BCUT2D eigenvalue weighted by molar-refractivity contribution is 5.36. The summed E-state index contributed by atoms with van der Waals surface area (Å²) in [4.78, 5) is 10.6. The van der Waals surface area contributed by atoms with E-state index in [1.54, 1.807) is 0 Å². The Hall–Kier alpha value is -2.11.